The maximum Gasteiger partial charge on any atom is 0.103 e. The van der Waals surface area contributed by atoms with E-state index in [1.54, 1.807) is 0 Å². The summed E-state index contributed by atoms with van der Waals surface area (Å²) >= 11 is 5.90. The molecule has 0 saturated carbocycles. The van der Waals surface area contributed by atoms with Crippen molar-refractivity contribution in [2.45, 2.75) is 30.1 Å². The Bertz CT molecular complexity index is 153. The Kier molecular flexibility index (Phi) is 2.06. The molecule has 2 aliphatic heterocycles. The van der Waals surface area contributed by atoms with Crippen molar-refractivity contribution in [1.29, 1.82) is 0 Å². The molecule has 4 heteroatoms. The van der Waals surface area contributed by atoms with Crippen LogP contribution in [0.3, 0.4) is 0 Å². The first-order valence-electron chi connectivity index (χ1n) is 3.83. The molecule has 4 atom stereocenters. The largest absolute Gasteiger partial charge is 0.394 e. The number of aliphatic hydroxyl groups is 1. The molecule has 0 unspecified atom stereocenters. The van der Waals surface area contributed by atoms with E-state index in [1.807, 2.05) is 0 Å². The monoisotopic (exact) mass is 178 g/mol. The van der Waals surface area contributed by atoms with Crippen molar-refractivity contribution in [3.8, 4) is 0 Å². The fraction of sp³-hybridized carbons (Fsp3) is 1.00. The van der Waals surface area contributed by atoms with E-state index in [-0.39, 0.29) is 30.3 Å². The van der Waals surface area contributed by atoms with Gasteiger partial charge in [-0.25, -0.2) is 0 Å². The Morgan fingerprint density at radius 2 is 2.36 bits per heavy atom. The molecule has 0 aromatic rings. The van der Waals surface area contributed by atoms with E-state index in [4.69, 9.17) is 26.2 Å². The van der Waals surface area contributed by atoms with Gasteiger partial charge >= 0.3 is 0 Å². The second-order valence-corrected chi connectivity index (χ2v) is 3.59. The van der Waals surface area contributed by atoms with Crippen molar-refractivity contribution in [3.63, 3.8) is 0 Å². The average molecular weight is 179 g/mol. The van der Waals surface area contributed by atoms with Gasteiger partial charge in [0.1, 0.15) is 6.10 Å². The summed E-state index contributed by atoms with van der Waals surface area (Å²) in [4.78, 5) is 0. The molecule has 2 fully saturated rings. The van der Waals surface area contributed by atoms with Crippen LogP contribution in [-0.4, -0.2) is 42.0 Å². The van der Waals surface area contributed by atoms with Gasteiger partial charge in [-0.3, -0.25) is 0 Å². The van der Waals surface area contributed by atoms with Crippen LogP contribution >= 0.6 is 11.6 Å². The molecule has 64 valence electrons. The lowest BCUT2D eigenvalue weighted by Gasteiger charge is -2.10. The third-order valence-electron chi connectivity index (χ3n) is 2.24. The first-order valence-corrected chi connectivity index (χ1v) is 4.27. The summed E-state index contributed by atoms with van der Waals surface area (Å²) in [6, 6.07) is 0. The fourth-order valence-corrected chi connectivity index (χ4v) is 1.96. The molecule has 0 amide bonds. The maximum atomic E-state index is 8.78. The van der Waals surface area contributed by atoms with Crippen LogP contribution in [0.25, 0.3) is 0 Å². The zero-order valence-corrected chi connectivity index (χ0v) is 6.83. The van der Waals surface area contributed by atoms with Crippen molar-refractivity contribution in [2.24, 2.45) is 0 Å². The molecule has 0 aromatic carbocycles. The molecule has 0 radical (unpaired) electrons. The molecule has 0 aromatic heterocycles. The van der Waals surface area contributed by atoms with Crippen molar-refractivity contribution < 1.29 is 14.6 Å². The van der Waals surface area contributed by atoms with Crippen LogP contribution in [0.5, 0.6) is 0 Å². The number of alkyl halides is 1. The number of rotatable bonds is 1. The van der Waals surface area contributed by atoms with Crippen LogP contribution in [0.2, 0.25) is 0 Å². The van der Waals surface area contributed by atoms with Crippen molar-refractivity contribution in [1.82, 2.24) is 0 Å². The number of hydrogen-bond donors (Lipinski definition) is 1. The molecule has 2 aliphatic rings. The van der Waals surface area contributed by atoms with Gasteiger partial charge in [-0.05, 0) is 0 Å². The van der Waals surface area contributed by atoms with Gasteiger partial charge in [0.05, 0.1) is 30.8 Å². The summed E-state index contributed by atoms with van der Waals surface area (Å²) in [5.41, 5.74) is 0. The Morgan fingerprint density at radius 3 is 3.00 bits per heavy atom. The summed E-state index contributed by atoms with van der Waals surface area (Å²) in [6.45, 7) is 0.648. The Morgan fingerprint density at radius 1 is 1.55 bits per heavy atom. The molecule has 0 bridgehead atoms. The topological polar surface area (TPSA) is 38.7 Å². The molecular weight excluding hydrogens is 168 g/mol. The lowest BCUT2D eigenvalue weighted by Crippen LogP contribution is -2.23. The number of halogens is 1. The highest BCUT2D eigenvalue weighted by atomic mass is 35.5. The standard InChI is InChI=1S/C7H11ClO3/c8-5-3-10-6-1-4(2-9)11-7(5)6/h4-7,9H,1-3H2/t4-,5-,6+,7+/m1/s1. The van der Waals surface area contributed by atoms with Crippen molar-refractivity contribution >= 4 is 11.6 Å². The van der Waals surface area contributed by atoms with Gasteiger partial charge in [-0.2, -0.15) is 0 Å². The van der Waals surface area contributed by atoms with E-state index >= 15 is 0 Å². The lowest BCUT2D eigenvalue weighted by atomic mass is 10.1. The molecule has 2 saturated heterocycles. The predicted octanol–water partition coefficient (Wildman–Crippen LogP) is 0.142. The molecule has 11 heavy (non-hydrogen) atoms. The number of hydrogen-bond acceptors (Lipinski definition) is 3. The minimum atomic E-state index is -0.0634. The van der Waals surface area contributed by atoms with Gasteiger partial charge in [0.15, 0.2) is 0 Å². The first kappa shape index (κ1) is 7.80. The normalized spacial score (nSPS) is 49.6. The summed E-state index contributed by atoms with van der Waals surface area (Å²) in [5, 5.41) is 8.75. The molecule has 3 nitrogen and oxygen atoms in total. The first-order chi connectivity index (χ1) is 5.31. The summed E-state index contributed by atoms with van der Waals surface area (Å²) in [6.07, 6.45) is 0.847. The van der Waals surface area contributed by atoms with Gasteiger partial charge in [0.25, 0.3) is 0 Å². The zero-order chi connectivity index (χ0) is 7.84. The summed E-state index contributed by atoms with van der Waals surface area (Å²) < 4.78 is 10.8. The summed E-state index contributed by atoms with van der Waals surface area (Å²) in [7, 11) is 0. The van der Waals surface area contributed by atoms with E-state index in [9.17, 15) is 0 Å². The molecule has 0 spiro atoms. The minimum Gasteiger partial charge on any atom is -0.394 e. The van der Waals surface area contributed by atoms with Gasteiger partial charge < -0.3 is 14.6 Å². The van der Waals surface area contributed by atoms with Crippen LogP contribution in [0.4, 0.5) is 0 Å². The Labute approximate surface area is 70.2 Å². The third kappa shape index (κ3) is 1.26. The van der Waals surface area contributed by atoms with Crippen LogP contribution < -0.4 is 0 Å². The quantitative estimate of drug-likeness (QED) is 0.581. The van der Waals surface area contributed by atoms with E-state index < -0.39 is 0 Å². The van der Waals surface area contributed by atoms with Gasteiger partial charge in [0, 0.05) is 6.42 Å². The molecule has 0 aliphatic carbocycles. The highest BCUT2D eigenvalue weighted by Gasteiger charge is 2.44. The molecule has 2 rings (SSSR count). The molecular formula is C7H11ClO3. The van der Waals surface area contributed by atoms with Crippen LogP contribution in [0.1, 0.15) is 6.42 Å². The van der Waals surface area contributed by atoms with Crippen LogP contribution in [0.15, 0.2) is 0 Å². The smallest absolute Gasteiger partial charge is 0.103 e. The lowest BCUT2D eigenvalue weighted by molar-refractivity contribution is 0.0118. The highest BCUT2D eigenvalue weighted by Crippen LogP contribution is 2.32. The average Bonchev–Trinajstić information content (AvgIpc) is 2.53. The SMILES string of the molecule is OC[C@H]1C[C@@H]2OC[C@@H](Cl)[C@@H]2O1. The summed E-state index contributed by atoms with van der Waals surface area (Å²) in [5.74, 6) is 0. The van der Waals surface area contributed by atoms with E-state index in [2.05, 4.69) is 0 Å². The molecule has 1 N–H and O–H groups in total. The zero-order valence-electron chi connectivity index (χ0n) is 6.07. The van der Waals surface area contributed by atoms with E-state index in [0.29, 0.717) is 6.61 Å². The second-order valence-electron chi connectivity index (χ2n) is 3.03. The number of fused-ring (bicyclic) bond motifs is 1. The predicted molar refractivity (Wildman–Crippen MR) is 39.7 cm³/mol. The molecule has 2 heterocycles. The maximum absolute atomic E-state index is 8.78. The van der Waals surface area contributed by atoms with E-state index in [1.165, 1.54) is 0 Å². The van der Waals surface area contributed by atoms with Crippen molar-refractivity contribution in [2.75, 3.05) is 13.2 Å². The van der Waals surface area contributed by atoms with E-state index in [0.717, 1.165) is 6.42 Å². The number of ether oxygens (including phenoxy) is 2. The minimum absolute atomic E-state index is 0.00816. The van der Waals surface area contributed by atoms with Gasteiger partial charge in [-0.15, -0.1) is 11.6 Å². The fourth-order valence-electron chi connectivity index (χ4n) is 1.67. The van der Waals surface area contributed by atoms with Crippen LogP contribution in [0, 0.1) is 0 Å². The number of aliphatic hydroxyl groups excluding tert-OH is 1. The van der Waals surface area contributed by atoms with Gasteiger partial charge in [0.2, 0.25) is 0 Å². The van der Waals surface area contributed by atoms with Crippen molar-refractivity contribution in [3.05, 3.63) is 0 Å². The van der Waals surface area contributed by atoms with Gasteiger partial charge in [-0.1, -0.05) is 0 Å². The second kappa shape index (κ2) is 2.90. The highest BCUT2D eigenvalue weighted by molar-refractivity contribution is 6.21. The van der Waals surface area contributed by atoms with Crippen LogP contribution in [-0.2, 0) is 9.47 Å². The third-order valence-corrected chi connectivity index (χ3v) is 2.62. The Balaban J connectivity index is 1.98. The Hall–Kier alpha value is 0.170.